The van der Waals surface area contributed by atoms with E-state index in [4.69, 9.17) is 0 Å². The molecule has 0 aliphatic carbocycles. The second-order valence-electron chi connectivity index (χ2n) is 5.17. The number of amides is 1. The van der Waals surface area contributed by atoms with Crippen LogP contribution in [0.2, 0.25) is 0 Å². The van der Waals surface area contributed by atoms with Crippen molar-refractivity contribution in [3.8, 4) is 0 Å². The van der Waals surface area contributed by atoms with Crippen molar-refractivity contribution in [2.24, 2.45) is 0 Å². The first-order chi connectivity index (χ1) is 9.24. The quantitative estimate of drug-likeness (QED) is 0.792. The zero-order chi connectivity index (χ0) is 13.2. The molecule has 2 heterocycles. The van der Waals surface area contributed by atoms with Crippen LogP contribution in [0, 0.1) is 0 Å². The molecule has 0 radical (unpaired) electrons. The number of rotatable bonds is 2. The lowest BCUT2D eigenvalue weighted by Gasteiger charge is -2.28. The van der Waals surface area contributed by atoms with Crippen molar-refractivity contribution in [3.05, 3.63) is 30.0 Å². The predicted octanol–water partition coefficient (Wildman–Crippen LogP) is 1.85. The largest absolute Gasteiger partial charge is 0.348 e. The first kappa shape index (κ1) is 14.8. The van der Waals surface area contributed by atoms with Crippen molar-refractivity contribution in [3.63, 3.8) is 0 Å². The minimum atomic E-state index is -0.0865. The molecule has 2 aromatic rings. The first-order valence-electron chi connectivity index (χ1n) is 6.71. The van der Waals surface area contributed by atoms with Crippen molar-refractivity contribution in [2.75, 3.05) is 6.54 Å². The summed E-state index contributed by atoms with van der Waals surface area (Å²) in [4.78, 5) is 12.3. The van der Waals surface area contributed by atoms with Gasteiger partial charge in [-0.3, -0.25) is 9.89 Å². The highest BCUT2D eigenvalue weighted by molar-refractivity contribution is 6.04. The molecule has 1 aromatic carbocycles. The highest BCUT2D eigenvalue weighted by atomic mass is 35.5. The van der Waals surface area contributed by atoms with Gasteiger partial charge >= 0.3 is 0 Å². The maximum Gasteiger partial charge on any atom is 0.272 e. The number of carbonyl (C=O) groups excluding carboxylic acids is 1. The number of para-hydroxylation sites is 1. The molecule has 0 bridgehead atoms. The van der Waals surface area contributed by atoms with Crippen LogP contribution in [0.5, 0.6) is 0 Å². The smallest absolute Gasteiger partial charge is 0.272 e. The Morgan fingerprint density at radius 1 is 1.40 bits per heavy atom. The van der Waals surface area contributed by atoms with E-state index in [9.17, 15) is 4.79 Å². The average molecular weight is 295 g/mol. The minimum Gasteiger partial charge on any atom is -0.348 e. The number of hydrogen-bond donors (Lipinski definition) is 3. The van der Waals surface area contributed by atoms with Crippen LogP contribution in [0.1, 0.15) is 30.3 Å². The van der Waals surface area contributed by atoms with Gasteiger partial charge in [0.2, 0.25) is 0 Å². The van der Waals surface area contributed by atoms with Crippen LogP contribution in [0.4, 0.5) is 0 Å². The lowest BCUT2D eigenvalue weighted by Crippen LogP contribution is -2.46. The summed E-state index contributed by atoms with van der Waals surface area (Å²) in [5.41, 5.74) is 1.38. The Hall–Kier alpha value is -1.59. The van der Waals surface area contributed by atoms with Gasteiger partial charge in [0, 0.05) is 17.5 Å². The summed E-state index contributed by atoms with van der Waals surface area (Å²) in [7, 11) is 0. The van der Waals surface area contributed by atoms with Crippen molar-refractivity contribution in [2.45, 2.75) is 31.8 Å². The molecule has 6 heteroatoms. The van der Waals surface area contributed by atoms with Crippen LogP contribution >= 0.6 is 12.4 Å². The zero-order valence-corrected chi connectivity index (χ0v) is 12.2. The van der Waals surface area contributed by atoms with Gasteiger partial charge in [0.25, 0.3) is 5.91 Å². The normalized spacial score (nSPS) is 22.2. The number of nitrogens with one attached hydrogen (secondary N) is 3. The summed E-state index contributed by atoms with van der Waals surface area (Å²) >= 11 is 0. The van der Waals surface area contributed by atoms with E-state index in [2.05, 4.69) is 27.8 Å². The van der Waals surface area contributed by atoms with E-state index in [0.29, 0.717) is 11.7 Å². The van der Waals surface area contributed by atoms with Gasteiger partial charge in [-0.2, -0.15) is 5.10 Å². The number of aromatic nitrogens is 2. The van der Waals surface area contributed by atoms with E-state index in [1.807, 2.05) is 24.3 Å². The molecule has 3 rings (SSSR count). The van der Waals surface area contributed by atoms with Gasteiger partial charge in [-0.05, 0) is 32.4 Å². The average Bonchev–Trinajstić information content (AvgIpc) is 2.82. The fourth-order valence-corrected chi connectivity index (χ4v) is 2.65. The Morgan fingerprint density at radius 2 is 2.20 bits per heavy atom. The SMILES string of the molecule is CC1CC(NC(=O)c2n[nH]c3ccccc23)CCN1.Cl. The van der Waals surface area contributed by atoms with Gasteiger partial charge < -0.3 is 10.6 Å². The molecule has 2 atom stereocenters. The summed E-state index contributed by atoms with van der Waals surface area (Å²) in [6.07, 6.45) is 1.94. The lowest BCUT2D eigenvalue weighted by atomic mass is 10.0. The number of H-pyrrole nitrogens is 1. The number of fused-ring (bicyclic) bond motifs is 1. The molecule has 1 aromatic heterocycles. The van der Waals surface area contributed by atoms with Crippen molar-refractivity contribution >= 4 is 29.2 Å². The number of hydrogen-bond acceptors (Lipinski definition) is 3. The molecule has 1 saturated heterocycles. The molecule has 1 amide bonds. The predicted molar refractivity (Wildman–Crippen MR) is 81.3 cm³/mol. The number of nitrogens with zero attached hydrogens (tertiary/aromatic N) is 1. The van der Waals surface area contributed by atoms with E-state index >= 15 is 0 Å². The molecule has 3 N–H and O–H groups in total. The zero-order valence-electron chi connectivity index (χ0n) is 11.3. The molecule has 2 unspecified atom stereocenters. The van der Waals surface area contributed by atoms with Crippen LogP contribution in [0.15, 0.2) is 24.3 Å². The molecule has 1 aliphatic rings. The summed E-state index contributed by atoms with van der Waals surface area (Å²) in [5, 5.41) is 14.4. The van der Waals surface area contributed by atoms with E-state index in [-0.39, 0.29) is 24.4 Å². The van der Waals surface area contributed by atoms with Gasteiger partial charge in [-0.1, -0.05) is 18.2 Å². The van der Waals surface area contributed by atoms with Crippen LogP contribution in [-0.2, 0) is 0 Å². The third kappa shape index (κ3) is 2.94. The summed E-state index contributed by atoms with van der Waals surface area (Å²) < 4.78 is 0. The third-order valence-electron chi connectivity index (χ3n) is 3.64. The maximum absolute atomic E-state index is 12.3. The molecule has 0 spiro atoms. The van der Waals surface area contributed by atoms with E-state index in [0.717, 1.165) is 30.3 Å². The van der Waals surface area contributed by atoms with Gasteiger partial charge in [0.15, 0.2) is 5.69 Å². The molecule has 1 aliphatic heterocycles. The molecule has 1 fully saturated rings. The standard InChI is InChI=1S/C14H18N4O.ClH/c1-9-8-10(6-7-15-9)16-14(19)13-11-4-2-3-5-12(11)17-18-13;/h2-5,9-10,15H,6-8H2,1H3,(H,16,19)(H,17,18);1H. The maximum atomic E-state index is 12.3. The number of piperidine rings is 1. The first-order valence-corrected chi connectivity index (χ1v) is 6.71. The Kier molecular flexibility index (Phi) is 4.62. The van der Waals surface area contributed by atoms with E-state index in [1.165, 1.54) is 0 Å². The number of benzene rings is 1. The van der Waals surface area contributed by atoms with Crippen molar-refractivity contribution < 1.29 is 4.79 Å². The third-order valence-corrected chi connectivity index (χ3v) is 3.64. The Morgan fingerprint density at radius 3 is 3.00 bits per heavy atom. The van der Waals surface area contributed by atoms with E-state index in [1.54, 1.807) is 0 Å². The van der Waals surface area contributed by atoms with Gasteiger partial charge in [-0.15, -0.1) is 12.4 Å². The van der Waals surface area contributed by atoms with E-state index < -0.39 is 0 Å². The summed E-state index contributed by atoms with van der Waals surface area (Å²) in [6.45, 7) is 3.09. The van der Waals surface area contributed by atoms with Crippen molar-refractivity contribution in [1.82, 2.24) is 20.8 Å². The van der Waals surface area contributed by atoms with Gasteiger partial charge in [-0.25, -0.2) is 0 Å². The Balaban J connectivity index is 0.00000147. The molecular weight excluding hydrogens is 276 g/mol. The van der Waals surface area contributed by atoms with Crippen molar-refractivity contribution in [1.29, 1.82) is 0 Å². The highest BCUT2D eigenvalue weighted by Crippen LogP contribution is 2.16. The Bertz CT molecular complexity index is 598. The molecule has 108 valence electrons. The second-order valence-corrected chi connectivity index (χ2v) is 5.17. The lowest BCUT2D eigenvalue weighted by molar-refractivity contribution is 0.0922. The van der Waals surface area contributed by atoms with Gasteiger partial charge in [0.1, 0.15) is 0 Å². The van der Waals surface area contributed by atoms with Crippen LogP contribution in [0.25, 0.3) is 10.9 Å². The topological polar surface area (TPSA) is 69.8 Å². The number of aromatic amines is 1. The molecule has 20 heavy (non-hydrogen) atoms. The molecule has 0 saturated carbocycles. The van der Waals surface area contributed by atoms with Crippen LogP contribution < -0.4 is 10.6 Å². The Labute approximate surface area is 123 Å². The second kappa shape index (κ2) is 6.24. The minimum absolute atomic E-state index is 0. The number of carbonyl (C=O) groups is 1. The molecular formula is C14H19ClN4O. The fourth-order valence-electron chi connectivity index (χ4n) is 2.65. The fraction of sp³-hybridized carbons (Fsp3) is 0.429. The monoisotopic (exact) mass is 294 g/mol. The van der Waals surface area contributed by atoms with Crippen LogP contribution in [-0.4, -0.2) is 34.7 Å². The summed E-state index contributed by atoms with van der Waals surface area (Å²) in [5.74, 6) is -0.0865. The van der Waals surface area contributed by atoms with Gasteiger partial charge in [0.05, 0.1) is 5.52 Å². The van der Waals surface area contributed by atoms with Crippen LogP contribution in [0.3, 0.4) is 0 Å². The number of halogens is 1. The highest BCUT2D eigenvalue weighted by Gasteiger charge is 2.22. The molecule has 5 nitrogen and oxygen atoms in total. The summed E-state index contributed by atoms with van der Waals surface area (Å²) in [6, 6.07) is 8.37.